The maximum atomic E-state index is 12.2. The maximum absolute atomic E-state index is 12.2. The minimum absolute atomic E-state index is 0.0313. The zero-order valence-electron chi connectivity index (χ0n) is 12.6. The number of hydrogen-bond acceptors (Lipinski definition) is 4. The van der Waals surface area contributed by atoms with Crippen LogP contribution in [-0.2, 0) is 9.53 Å². The highest BCUT2D eigenvalue weighted by Gasteiger charge is 2.22. The summed E-state index contributed by atoms with van der Waals surface area (Å²) in [5.74, 6) is 0.858. The first-order valence-electron chi connectivity index (χ1n) is 7.89. The van der Waals surface area contributed by atoms with E-state index in [1.807, 2.05) is 17.7 Å². The Hall–Kier alpha value is -1.40. The van der Waals surface area contributed by atoms with Crippen LogP contribution >= 0.6 is 0 Å². The molecule has 1 atom stereocenters. The highest BCUT2D eigenvalue weighted by molar-refractivity contribution is 5.91. The van der Waals surface area contributed by atoms with E-state index < -0.39 is 0 Å². The van der Waals surface area contributed by atoms with E-state index in [1.165, 1.54) is 12.8 Å². The first kappa shape index (κ1) is 14.5. The Balaban J connectivity index is 1.56. The number of amides is 1. The third-order valence-electron chi connectivity index (χ3n) is 4.30. The Kier molecular flexibility index (Phi) is 4.55. The van der Waals surface area contributed by atoms with Gasteiger partial charge in [0.25, 0.3) is 0 Å². The minimum atomic E-state index is 0.0313. The molecule has 0 bridgehead atoms. The second kappa shape index (κ2) is 6.58. The van der Waals surface area contributed by atoms with Gasteiger partial charge in [0, 0.05) is 19.2 Å². The summed E-state index contributed by atoms with van der Waals surface area (Å²) in [6.45, 7) is 4.80. The predicted octanol–water partition coefficient (Wildman–Crippen LogP) is 1.66. The van der Waals surface area contributed by atoms with Crippen molar-refractivity contribution in [3.05, 3.63) is 12.3 Å². The molecule has 1 saturated heterocycles. The molecule has 21 heavy (non-hydrogen) atoms. The molecule has 1 amide bonds. The average molecular weight is 292 g/mol. The standard InChI is InChI=1S/C15H24N4O2/c1-12-10-18(8-9-21-12)11-15(20)17-14-6-7-16-19(14)13-4-2-3-5-13/h6-7,12-13H,2-5,8-11H2,1H3,(H,17,20)/t12-/m1/s1. The van der Waals surface area contributed by atoms with Crippen LogP contribution in [0.1, 0.15) is 38.6 Å². The maximum Gasteiger partial charge on any atom is 0.239 e. The van der Waals surface area contributed by atoms with Crippen molar-refractivity contribution in [2.45, 2.75) is 44.8 Å². The molecule has 0 aromatic carbocycles. The number of nitrogens with one attached hydrogen (secondary N) is 1. The monoisotopic (exact) mass is 292 g/mol. The van der Waals surface area contributed by atoms with Crippen LogP contribution in [0, 0.1) is 0 Å². The van der Waals surface area contributed by atoms with Gasteiger partial charge in [-0.25, -0.2) is 4.68 Å². The second-order valence-electron chi connectivity index (χ2n) is 6.06. The number of rotatable bonds is 4. The van der Waals surface area contributed by atoms with E-state index in [9.17, 15) is 4.79 Å². The number of ether oxygens (including phenoxy) is 1. The van der Waals surface area contributed by atoms with Crippen LogP contribution in [0.3, 0.4) is 0 Å². The van der Waals surface area contributed by atoms with Gasteiger partial charge in [0.1, 0.15) is 5.82 Å². The lowest BCUT2D eigenvalue weighted by Gasteiger charge is -2.30. The van der Waals surface area contributed by atoms with Crippen molar-refractivity contribution >= 4 is 11.7 Å². The number of anilines is 1. The molecule has 3 rings (SSSR count). The van der Waals surface area contributed by atoms with E-state index in [1.54, 1.807) is 6.20 Å². The average Bonchev–Trinajstić information content (AvgIpc) is 3.08. The molecule has 0 spiro atoms. The van der Waals surface area contributed by atoms with Crippen LogP contribution in [0.4, 0.5) is 5.82 Å². The molecular formula is C15H24N4O2. The third kappa shape index (κ3) is 3.63. The van der Waals surface area contributed by atoms with Gasteiger partial charge in [-0.3, -0.25) is 9.69 Å². The Morgan fingerprint density at radius 3 is 3.05 bits per heavy atom. The molecule has 116 valence electrons. The normalized spacial score (nSPS) is 24.3. The summed E-state index contributed by atoms with van der Waals surface area (Å²) in [4.78, 5) is 14.4. The number of morpholine rings is 1. The Bertz CT molecular complexity index is 482. The van der Waals surface area contributed by atoms with E-state index in [4.69, 9.17) is 4.74 Å². The molecule has 1 aromatic heterocycles. The van der Waals surface area contributed by atoms with Gasteiger partial charge in [-0.2, -0.15) is 5.10 Å². The summed E-state index contributed by atoms with van der Waals surface area (Å²) in [6, 6.07) is 2.33. The topological polar surface area (TPSA) is 59.4 Å². The molecule has 2 aliphatic rings. The third-order valence-corrected chi connectivity index (χ3v) is 4.30. The van der Waals surface area contributed by atoms with Gasteiger partial charge >= 0.3 is 0 Å². The van der Waals surface area contributed by atoms with Gasteiger partial charge in [0.05, 0.1) is 31.5 Å². The van der Waals surface area contributed by atoms with Crippen molar-refractivity contribution in [1.82, 2.24) is 14.7 Å². The molecule has 2 heterocycles. The van der Waals surface area contributed by atoms with Crippen LogP contribution in [0.2, 0.25) is 0 Å². The Morgan fingerprint density at radius 1 is 1.48 bits per heavy atom. The molecule has 0 radical (unpaired) electrons. The highest BCUT2D eigenvalue weighted by Crippen LogP contribution is 2.31. The molecule has 0 unspecified atom stereocenters. The number of nitrogens with zero attached hydrogens (tertiary/aromatic N) is 3. The van der Waals surface area contributed by atoms with Crippen molar-refractivity contribution in [3.8, 4) is 0 Å². The highest BCUT2D eigenvalue weighted by atomic mass is 16.5. The Morgan fingerprint density at radius 2 is 2.29 bits per heavy atom. The van der Waals surface area contributed by atoms with Crippen molar-refractivity contribution < 1.29 is 9.53 Å². The summed E-state index contributed by atoms with van der Waals surface area (Å²) in [6.07, 6.45) is 6.80. The summed E-state index contributed by atoms with van der Waals surface area (Å²) >= 11 is 0. The first-order valence-corrected chi connectivity index (χ1v) is 7.89. The van der Waals surface area contributed by atoms with Crippen LogP contribution in [0.5, 0.6) is 0 Å². The van der Waals surface area contributed by atoms with Crippen LogP contribution in [0.25, 0.3) is 0 Å². The minimum Gasteiger partial charge on any atom is -0.376 e. The molecular weight excluding hydrogens is 268 g/mol. The van der Waals surface area contributed by atoms with Crippen molar-refractivity contribution in [3.63, 3.8) is 0 Å². The lowest BCUT2D eigenvalue weighted by molar-refractivity contribution is -0.119. The zero-order chi connectivity index (χ0) is 14.7. The van der Waals surface area contributed by atoms with Crippen LogP contribution in [0.15, 0.2) is 12.3 Å². The molecule has 1 aromatic rings. The lowest BCUT2D eigenvalue weighted by atomic mass is 10.2. The largest absolute Gasteiger partial charge is 0.376 e. The molecule has 1 aliphatic carbocycles. The van der Waals surface area contributed by atoms with Gasteiger partial charge in [-0.1, -0.05) is 12.8 Å². The van der Waals surface area contributed by atoms with Crippen molar-refractivity contribution in [1.29, 1.82) is 0 Å². The van der Waals surface area contributed by atoms with E-state index >= 15 is 0 Å². The van der Waals surface area contributed by atoms with Gasteiger partial charge in [0.15, 0.2) is 0 Å². The second-order valence-corrected chi connectivity index (χ2v) is 6.06. The number of hydrogen-bond donors (Lipinski definition) is 1. The fraction of sp³-hybridized carbons (Fsp3) is 0.733. The molecule has 1 saturated carbocycles. The number of aromatic nitrogens is 2. The summed E-state index contributed by atoms with van der Waals surface area (Å²) in [7, 11) is 0. The SMILES string of the molecule is C[C@@H]1CN(CC(=O)Nc2ccnn2C2CCCC2)CCO1. The fourth-order valence-corrected chi connectivity index (χ4v) is 3.27. The van der Waals surface area contributed by atoms with E-state index in [2.05, 4.69) is 15.3 Å². The smallest absolute Gasteiger partial charge is 0.239 e. The summed E-state index contributed by atoms with van der Waals surface area (Å²) in [5.41, 5.74) is 0. The van der Waals surface area contributed by atoms with Crippen molar-refractivity contribution in [2.75, 3.05) is 31.6 Å². The van der Waals surface area contributed by atoms with Gasteiger partial charge in [-0.05, 0) is 19.8 Å². The van der Waals surface area contributed by atoms with Gasteiger partial charge in [0.2, 0.25) is 5.91 Å². The molecule has 1 aliphatic heterocycles. The first-order chi connectivity index (χ1) is 10.2. The van der Waals surface area contributed by atoms with Gasteiger partial charge in [-0.15, -0.1) is 0 Å². The Labute approximate surface area is 125 Å². The molecule has 1 N–H and O–H groups in total. The van der Waals surface area contributed by atoms with Crippen molar-refractivity contribution in [2.24, 2.45) is 0 Å². The predicted molar refractivity (Wildman–Crippen MR) is 80.2 cm³/mol. The molecule has 2 fully saturated rings. The van der Waals surface area contributed by atoms with Gasteiger partial charge < -0.3 is 10.1 Å². The van der Waals surface area contributed by atoms with Crippen LogP contribution in [-0.4, -0.2) is 52.9 Å². The lowest BCUT2D eigenvalue weighted by Crippen LogP contribution is -2.44. The summed E-state index contributed by atoms with van der Waals surface area (Å²) in [5, 5.41) is 7.39. The van der Waals surface area contributed by atoms with E-state index in [0.717, 1.165) is 31.7 Å². The van der Waals surface area contributed by atoms with E-state index in [0.29, 0.717) is 19.2 Å². The molecule has 6 nitrogen and oxygen atoms in total. The zero-order valence-corrected chi connectivity index (χ0v) is 12.6. The molecule has 6 heteroatoms. The fourth-order valence-electron chi connectivity index (χ4n) is 3.27. The quantitative estimate of drug-likeness (QED) is 0.917. The number of carbonyl (C=O) groups excluding carboxylic acids is 1. The van der Waals surface area contributed by atoms with E-state index in [-0.39, 0.29) is 12.0 Å². The van der Waals surface area contributed by atoms with Crippen LogP contribution < -0.4 is 5.32 Å². The summed E-state index contributed by atoms with van der Waals surface area (Å²) < 4.78 is 7.47. The number of carbonyl (C=O) groups is 1.